The Kier molecular flexibility index (Phi) is 6.77. The molecule has 27 heavy (non-hydrogen) atoms. The lowest BCUT2D eigenvalue weighted by molar-refractivity contribution is -0.121. The Balaban J connectivity index is 1.39. The normalized spacial score (nSPS) is 10.4. The molecule has 0 unspecified atom stereocenters. The molecule has 138 valence electrons. The van der Waals surface area contributed by atoms with Crippen LogP contribution in [0.4, 0.5) is 0 Å². The predicted molar refractivity (Wildman–Crippen MR) is 107 cm³/mol. The lowest BCUT2D eigenvalue weighted by atomic mass is 10.1. The Morgan fingerprint density at radius 3 is 2.30 bits per heavy atom. The van der Waals surface area contributed by atoms with Crippen molar-refractivity contribution in [3.05, 3.63) is 88.1 Å². The molecule has 1 aromatic heterocycles. The molecular formula is C22H21NO3S. The molecular weight excluding hydrogens is 358 g/mol. The minimum Gasteiger partial charge on any atom is -0.489 e. The maximum Gasteiger partial charge on any atom is 0.220 e. The van der Waals surface area contributed by atoms with Crippen molar-refractivity contribution < 1.29 is 14.3 Å². The minimum atomic E-state index is -0.114. The summed E-state index contributed by atoms with van der Waals surface area (Å²) >= 11 is 1.41. The number of benzene rings is 2. The Morgan fingerprint density at radius 1 is 0.852 bits per heavy atom. The number of rotatable bonds is 9. The van der Waals surface area contributed by atoms with Gasteiger partial charge >= 0.3 is 0 Å². The highest BCUT2D eigenvalue weighted by Gasteiger charge is 2.10. The van der Waals surface area contributed by atoms with Crippen molar-refractivity contribution in [2.24, 2.45) is 0 Å². The van der Waals surface area contributed by atoms with Crippen LogP contribution in [0.3, 0.4) is 0 Å². The molecule has 3 aromatic rings. The minimum absolute atomic E-state index is 0.0166. The smallest absolute Gasteiger partial charge is 0.220 e. The van der Waals surface area contributed by atoms with Crippen molar-refractivity contribution >= 4 is 23.0 Å². The van der Waals surface area contributed by atoms with Crippen LogP contribution in [-0.2, 0) is 17.9 Å². The lowest BCUT2D eigenvalue weighted by Crippen LogP contribution is -2.23. The lowest BCUT2D eigenvalue weighted by Gasteiger charge is -2.08. The van der Waals surface area contributed by atoms with E-state index in [2.05, 4.69) is 5.32 Å². The summed E-state index contributed by atoms with van der Waals surface area (Å²) in [7, 11) is 0. The molecule has 0 saturated carbocycles. The standard InChI is InChI=1S/C22H21NO3S/c24-20(21-7-4-14-27-21)12-13-22(25)23-15-17-8-10-18(11-9-17)16-26-19-5-2-1-3-6-19/h1-11,14H,12-13,15-16H2,(H,23,25). The van der Waals surface area contributed by atoms with Crippen molar-refractivity contribution in [1.82, 2.24) is 5.32 Å². The third kappa shape index (κ3) is 6.08. The first-order valence-corrected chi connectivity index (χ1v) is 9.68. The number of carbonyl (C=O) groups is 2. The largest absolute Gasteiger partial charge is 0.489 e. The molecule has 4 nitrogen and oxygen atoms in total. The highest BCUT2D eigenvalue weighted by molar-refractivity contribution is 7.12. The number of thiophene rings is 1. The van der Waals surface area contributed by atoms with Crippen LogP contribution in [-0.4, -0.2) is 11.7 Å². The quantitative estimate of drug-likeness (QED) is 0.553. The molecule has 2 aromatic carbocycles. The fraction of sp³-hybridized carbons (Fsp3) is 0.182. The number of amides is 1. The third-order valence-corrected chi connectivity index (χ3v) is 4.95. The van der Waals surface area contributed by atoms with Gasteiger partial charge in [0.2, 0.25) is 5.91 Å². The Bertz CT molecular complexity index is 858. The molecule has 0 atom stereocenters. The molecule has 0 bridgehead atoms. The van der Waals surface area contributed by atoms with E-state index in [4.69, 9.17) is 4.74 Å². The van der Waals surface area contributed by atoms with E-state index in [1.54, 1.807) is 6.07 Å². The highest BCUT2D eigenvalue weighted by Crippen LogP contribution is 2.13. The van der Waals surface area contributed by atoms with E-state index in [9.17, 15) is 9.59 Å². The van der Waals surface area contributed by atoms with Crippen LogP contribution in [0.2, 0.25) is 0 Å². The van der Waals surface area contributed by atoms with Crippen molar-refractivity contribution in [2.75, 3.05) is 0 Å². The van der Waals surface area contributed by atoms with E-state index in [1.165, 1.54) is 11.3 Å². The van der Waals surface area contributed by atoms with E-state index in [0.29, 0.717) is 18.0 Å². The Hall–Kier alpha value is -2.92. The first-order chi connectivity index (χ1) is 13.2. The van der Waals surface area contributed by atoms with Crippen LogP contribution in [0, 0.1) is 0 Å². The van der Waals surface area contributed by atoms with Gasteiger partial charge in [0.05, 0.1) is 4.88 Å². The molecule has 3 rings (SSSR count). The summed E-state index contributed by atoms with van der Waals surface area (Å²) in [5, 5.41) is 4.72. The van der Waals surface area contributed by atoms with Gasteiger partial charge in [0.25, 0.3) is 0 Å². The summed E-state index contributed by atoms with van der Waals surface area (Å²) in [4.78, 5) is 24.5. The van der Waals surface area contributed by atoms with Gasteiger partial charge in [0.1, 0.15) is 12.4 Å². The third-order valence-electron chi connectivity index (χ3n) is 4.04. The van der Waals surface area contributed by atoms with Crippen LogP contribution >= 0.6 is 11.3 Å². The number of hydrogen-bond acceptors (Lipinski definition) is 4. The number of nitrogens with one attached hydrogen (secondary N) is 1. The second kappa shape index (κ2) is 9.69. The van der Waals surface area contributed by atoms with E-state index < -0.39 is 0 Å². The monoisotopic (exact) mass is 379 g/mol. The van der Waals surface area contributed by atoms with Gasteiger partial charge in [-0.05, 0) is 34.7 Å². The van der Waals surface area contributed by atoms with Crippen molar-refractivity contribution in [3.63, 3.8) is 0 Å². The van der Waals surface area contributed by atoms with Gasteiger partial charge < -0.3 is 10.1 Å². The van der Waals surface area contributed by atoms with Gasteiger partial charge in [-0.2, -0.15) is 0 Å². The molecule has 1 heterocycles. The topological polar surface area (TPSA) is 55.4 Å². The highest BCUT2D eigenvalue weighted by atomic mass is 32.1. The first kappa shape index (κ1) is 18.9. The summed E-state index contributed by atoms with van der Waals surface area (Å²) in [5.41, 5.74) is 2.08. The molecule has 0 spiro atoms. The first-order valence-electron chi connectivity index (χ1n) is 8.80. The van der Waals surface area contributed by atoms with Gasteiger partial charge in [-0.15, -0.1) is 11.3 Å². The summed E-state index contributed by atoms with van der Waals surface area (Å²) in [6.45, 7) is 0.952. The number of para-hydroxylation sites is 1. The van der Waals surface area contributed by atoms with Crippen LogP contribution in [0.25, 0.3) is 0 Å². The zero-order valence-corrected chi connectivity index (χ0v) is 15.7. The summed E-state index contributed by atoms with van der Waals surface area (Å²) < 4.78 is 5.71. The molecule has 1 N–H and O–H groups in total. The van der Waals surface area contributed by atoms with Gasteiger partial charge in [-0.1, -0.05) is 48.5 Å². The molecule has 1 amide bonds. The fourth-order valence-corrected chi connectivity index (χ4v) is 3.21. The van der Waals surface area contributed by atoms with Gasteiger partial charge in [-0.3, -0.25) is 9.59 Å². The molecule has 0 aliphatic carbocycles. The average molecular weight is 379 g/mol. The Morgan fingerprint density at radius 2 is 1.59 bits per heavy atom. The zero-order chi connectivity index (χ0) is 18.9. The number of ketones is 1. The summed E-state index contributed by atoms with van der Waals surface area (Å²) in [6, 6.07) is 21.2. The van der Waals surface area contributed by atoms with E-state index in [0.717, 1.165) is 16.9 Å². The van der Waals surface area contributed by atoms with Crippen LogP contribution in [0.5, 0.6) is 5.75 Å². The second-order valence-corrected chi connectivity index (χ2v) is 7.04. The van der Waals surface area contributed by atoms with Crippen LogP contribution < -0.4 is 10.1 Å². The maximum atomic E-state index is 11.9. The predicted octanol–water partition coefficient (Wildman–Crippen LogP) is 4.61. The van der Waals surface area contributed by atoms with E-state index in [1.807, 2.05) is 66.0 Å². The zero-order valence-electron chi connectivity index (χ0n) is 14.9. The Labute approximate surface area is 162 Å². The number of ether oxygens (including phenoxy) is 1. The molecule has 0 fully saturated rings. The maximum absolute atomic E-state index is 11.9. The van der Waals surface area contributed by atoms with Crippen molar-refractivity contribution in [3.8, 4) is 5.75 Å². The van der Waals surface area contributed by atoms with Gasteiger partial charge in [-0.25, -0.2) is 0 Å². The number of Topliss-reactive ketones (excluding diaryl/α,β-unsaturated/α-hetero) is 1. The van der Waals surface area contributed by atoms with Gasteiger partial charge in [0, 0.05) is 19.4 Å². The molecule has 0 aliphatic heterocycles. The van der Waals surface area contributed by atoms with Crippen molar-refractivity contribution in [2.45, 2.75) is 26.0 Å². The summed E-state index contributed by atoms with van der Waals surface area (Å²) in [5.74, 6) is 0.741. The van der Waals surface area contributed by atoms with Crippen molar-refractivity contribution in [1.29, 1.82) is 0 Å². The van der Waals surface area contributed by atoms with Crippen LogP contribution in [0.1, 0.15) is 33.6 Å². The SMILES string of the molecule is O=C(CCC(=O)c1cccs1)NCc1ccc(COc2ccccc2)cc1. The van der Waals surface area contributed by atoms with E-state index in [-0.39, 0.29) is 24.5 Å². The van der Waals surface area contributed by atoms with Crippen LogP contribution in [0.15, 0.2) is 72.1 Å². The van der Waals surface area contributed by atoms with Gasteiger partial charge in [0.15, 0.2) is 5.78 Å². The second-order valence-electron chi connectivity index (χ2n) is 6.10. The average Bonchev–Trinajstić information content (AvgIpc) is 3.25. The fourth-order valence-electron chi connectivity index (χ4n) is 2.51. The number of carbonyl (C=O) groups excluding carboxylic acids is 2. The molecule has 0 saturated heterocycles. The van der Waals surface area contributed by atoms with E-state index >= 15 is 0 Å². The molecule has 0 aliphatic rings. The summed E-state index contributed by atoms with van der Waals surface area (Å²) in [6.07, 6.45) is 0.446. The molecule has 0 radical (unpaired) electrons. The number of hydrogen-bond donors (Lipinski definition) is 1. The molecule has 5 heteroatoms.